The summed E-state index contributed by atoms with van der Waals surface area (Å²) in [4.78, 5) is 22.1. The van der Waals surface area contributed by atoms with Crippen LogP contribution < -0.4 is 0 Å². The fraction of sp³-hybridized carbons (Fsp3) is 0.650. The van der Waals surface area contributed by atoms with Gasteiger partial charge >= 0.3 is 5.97 Å². The first-order chi connectivity index (χ1) is 12.0. The number of carbonyl (C=O) groups excluding carboxylic acids is 1. The van der Waals surface area contributed by atoms with Gasteiger partial charge in [0, 0.05) is 12.1 Å². The van der Waals surface area contributed by atoms with Crippen LogP contribution in [0, 0.1) is 10.1 Å². The van der Waals surface area contributed by atoms with Crippen molar-refractivity contribution in [1.82, 2.24) is 0 Å². The van der Waals surface area contributed by atoms with E-state index in [0.717, 1.165) is 12.8 Å². The van der Waals surface area contributed by atoms with Crippen molar-refractivity contribution in [3.63, 3.8) is 0 Å². The van der Waals surface area contributed by atoms with E-state index in [2.05, 4.69) is 6.92 Å². The number of hydrogen-bond donors (Lipinski definition) is 0. The minimum atomic E-state index is -0.485. The van der Waals surface area contributed by atoms with Crippen LogP contribution in [-0.2, 0) is 4.74 Å². The van der Waals surface area contributed by atoms with Gasteiger partial charge in [0.05, 0.1) is 16.6 Å². The summed E-state index contributed by atoms with van der Waals surface area (Å²) in [6.07, 6.45) is 12.1. The van der Waals surface area contributed by atoms with Gasteiger partial charge in [-0.25, -0.2) is 4.79 Å². The van der Waals surface area contributed by atoms with E-state index >= 15 is 0 Å². The summed E-state index contributed by atoms with van der Waals surface area (Å²) in [5.74, 6) is -0.418. The number of nitrogens with zero attached hydrogens (tertiary/aromatic N) is 1. The number of non-ortho nitro benzene ring substituents is 1. The molecule has 0 heterocycles. The smallest absolute Gasteiger partial charge is 0.338 e. The van der Waals surface area contributed by atoms with Crippen molar-refractivity contribution in [2.45, 2.75) is 84.2 Å². The zero-order valence-electron chi connectivity index (χ0n) is 15.5. The van der Waals surface area contributed by atoms with Crippen molar-refractivity contribution in [1.29, 1.82) is 0 Å². The molecule has 0 N–H and O–H groups in total. The Kier molecular flexibility index (Phi) is 10.5. The minimum absolute atomic E-state index is 0.0284. The molecular weight excluding hydrogens is 318 g/mol. The molecule has 0 aromatic heterocycles. The summed E-state index contributed by atoms with van der Waals surface area (Å²) in [7, 11) is 0. The average Bonchev–Trinajstić information content (AvgIpc) is 2.60. The Morgan fingerprint density at radius 1 is 1.00 bits per heavy atom. The zero-order valence-corrected chi connectivity index (χ0v) is 15.5. The highest BCUT2D eigenvalue weighted by atomic mass is 16.6. The number of unbranched alkanes of at least 4 members (excludes halogenated alkanes) is 8. The third-order valence-corrected chi connectivity index (χ3v) is 4.34. The van der Waals surface area contributed by atoms with Gasteiger partial charge in [-0.1, -0.05) is 58.3 Å². The number of ether oxygens (including phenoxy) is 1. The van der Waals surface area contributed by atoms with E-state index in [1.165, 1.54) is 75.6 Å². The third-order valence-electron chi connectivity index (χ3n) is 4.34. The number of rotatable bonds is 13. The fourth-order valence-electron chi connectivity index (χ4n) is 2.77. The first-order valence-corrected chi connectivity index (χ1v) is 9.50. The lowest BCUT2D eigenvalue weighted by Gasteiger charge is -2.13. The quantitative estimate of drug-likeness (QED) is 0.188. The Labute approximate surface area is 150 Å². The molecule has 0 bridgehead atoms. The molecule has 0 aliphatic carbocycles. The Balaban J connectivity index is 2.14. The lowest BCUT2D eigenvalue weighted by Crippen LogP contribution is -2.15. The predicted octanol–water partition coefficient (Wildman–Crippen LogP) is 6.06. The van der Waals surface area contributed by atoms with Crippen molar-refractivity contribution in [2.24, 2.45) is 0 Å². The highest BCUT2D eigenvalue weighted by molar-refractivity contribution is 5.89. The van der Waals surface area contributed by atoms with Gasteiger partial charge in [0.25, 0.3) is 5.69 Å². The average molecular weight is 349 g/mol. The lowest BCUT2D eigenvalue weighted by atomic mass is 10.1. The second kappa shape index (κ2) is 12.5. The summed E-state index contributed by atoms with van der Waals surface area (Å²) in [5.41, 5.74) is 0.323. The molecule has 0 spiro atoms. The first-order valence-electron chi connectivity index (χ1n) is 9.50. The SMILES string of the molecule is CCCCCCCCCCCC(C)OC(=O)c1ccc([N+](=O)[O-])cc1. The van der Waals surface area contributed by atoms with Gasteiger partial charge in [-0.2, -0.15) is 0 Å². The second-order valence-electron chi connectivity index (χ2n) is 6.64. The number of benzene rings is 1. The molecule has 0 amide bonds. The standard InChI is InChI=1S/C20H31NO4/c1-3-4-5-6-7-8-9-10-11-12-17(2)25-20(22)18-13-15-19(16-14-18)21(23)24/h13-17H,3-12H2,1-2H3. The normalized spacial score (nSPS) is 11.9. The van der Waals surface area contributed by atoms with Gasteiger partial charge in [-0.15, -0.1) is 0 Å². The van der Waals surface area contributed by atoms with E-state index in [1.807, 2.05) is 6.92 Å². The molecular formula is C20H31NO4. The number of carbonyl (C=O) groups is 1. The molecule has 140 valence electrons. The van der Waals surface area contributed by atoms with E-state index in [0.29, 0.717) is 5.56 Å². The molecule has 5 nitrogen and oxygen atoms in total. The number of nitro benzene ring substituents is 1. The Morgan fingerprint density at radius 3 is 2.04 bits per heavy atom. The summed E-state index contributed by atoms with van der Waals surface area (Å²) in [5, 5.41) is 10.6. The summed E-state index contributed by atoms with van der Waals surface area (Å²) in [6.45, 7) is 4.13. The van der Waals surface area contributed by atoms with Crippen LogP contribution >= 0.6 is 0 Å². The Bertz CT molecular complexity index is 513. The first kappa shape index (κ1) is 21.1. The van der Waals surface area contributed by atoms with Crippen LogP contribution in [0.2, 0.25) is 0 Å². The topological polar surface area (TPSA) is 69.4 Å². The number of esters is 1. The molecule has 1 rings (SSSR count). The molecule has 1 unspecified atom stereocenters. The Morgan fingerprint density at radius 2 is 1.52 bits per heavy atom. The maximum Gasteiger partial charge on any atom is 0.338 e. The van der Waals surface area contributed by atoms with Gasteiger partial charge in [0.1, 0.15) is 0 Å². The molecule has 0 saturated carbocycles. The lowest BCUT2D eigenvalue weighted by molar-refractivity contribution is -0.384. The van der Waals surface area contributed by atoms with Gasteiger partial charge in [-0.3, -0.25) is 10.1 Å². The molecule has 0 radical (unpaired) electrons. The van der Waals surface area contributed by atoms with Crippen LogP contribution in [0.4, 0.5) is 5.69 Å². The highest BCUT2D eigenvalue weighted by Gasteiger charge is 2.13. The van der Waals surface area contributed by atoms with Gasteiger partial charge in [0.2, 0.25) is 0 Å². The van der Waals surface area contributed by atoms with Crippen molar-refractivity contribution >= 4 is 11.7 Å². The molecule has 0 aliphatic heterocycles. The van der Waals surface area contributed by atoms with Crippen LogP contribution in [0.15, 0.2) is 24.3 Å². The van der Waals surface area contributed by atoms with Crippen molar-refractivity contribution < 1.29 is 14.5 Å². The molecule has 5 heteroatoms. The summed E-state index contributed by atoms with van der Waals surface area (Å²) in [6, 6.07) is 5.51. The van der Waals surface area contributed by atoms with E-state index in [1.54, 1.807) is 0 Å². The van der Waals surface area contributed by atoms with Crippen LogP contribution in [0.25, 0.3) is 0 Å². The van der Waals surface area contributed by atoms with Crippen LogP contribution in [0.1, 0.15) is 88.4 Å². The Hall–Kier alpha value is -1.91. The molecule has 1 atom stereocenters. The predicted molar refractivity (Wildman–Crippen MR) is 99.8 cm³/mol. The fourth-order valence-corrected chi connectivity index (χ4v) is 2.77. The van der Waals surface area contributed by atoms with Crippen LogP contribution in [0.5, 0.6) is 0 Å². The second-order valence-corrected chi connectivity index (χ2v) is 6.64. The molecule has 1 aromatic rings. The van der Waals surface area contributed by atoms with E-state index in [9.17, 15) is 14.9 Å². The molecule has 0 saturated heterocycles. The van der Waals surface area contributed by atoms with Gasteiger partial charge < -0.3 is 4.74 Å². The van der Waals surface area contributed by atoms with Crippen LogP contribution in [-0.4, -0.2) is 17.0 Å². The van der Waals surface area contributed by atoms with E-state index < -0.39 is 10.9 Å². The third kappa shape index (κ3) is 9.22. The minimum Gasteiger partial charge on any atom is -0.459 e. The van der Waals surface area contributed by atoms with Gasteiger partial charge in [-0.05, 0) is 31.9 Å². The molecule has 1 aromatic carbocycles. The highest BCUT2D eigenvalue weighted by Crippen LogP contribution is 2.15. The number of hydrogen-bond acceptors (Lipinski definition) is 4. The van der Waals surface area contributed by atoms with Crippen molar-refractivity contribution in [3.05, 3.63) is 39.9 Å². The van der Waals surface area contributed by atoms with E-state index in [4.69, 9.17) is 4.74 Å². The molecule has 25 heavy (non-hydrogen) atoms. The number of nitro groups is 1. The maximum absolute atomic E-state index is 12.0. The van der Waals surface area contributed by atoms with Crippen molar-refractivity contribution in [2.75, 3.05) is 0 Å². The molecule has 0 aliphatic rings. The monoisotopic (exact) mass is 349 g/mol. The zero-order chi connectivity index (χ0) is 18.5. The maximum atomic E-state index is 12.0. The van der Waals surface area contributed by atoms with E-state index in [-0.39, 0.29) is 11.8 Å². The largest absolute Gasteiger partial charge is 0.459 e. The summed E-state index contributed by atoms with van der Waals surface area (Å²) < 4.78 is 5.40. The van der Waals surface area contributed by atoms with Crippen molar-refractivity contribution in [3.8, 4) is 0 Å². The summed E-state index contributed by atoms with van der Waals surface area (Å²) >= 11 is 0. The van der Waals surface area contributed by atoms with Gasteiger partial charge in [0.15, 0.2) is 0 Å². The molecule has 0 fully saturated rings. The van der Waals surface area contributed by atoms with Crippen LogP contribution in [0.3, 0.4) is 0 Å².